The van der Waals surface area contributed by atoms with Crippen LogP contribution in [0, 0.1) is 0 Å². The molecule has 0 bridgehead atoms. The van der Waals surface area contributed by atoms with Crippen molar-refractivity contribution < 1.29 is 8.42 Å². The predicted molar refractivity (Wildman–Crippen MR) is 74.2 cm³/mol. The molecular weight excluding hydrogens is 264 g/mol. The number of aromatic nitrogens is 3. The molecule has 0 unspecified atom stereocenters. The van der Waals surface area contributed by atoms with Gasteiger partial charge in [-0.15, -0.1) is 0 Å². The zero-order valence-corrected chi connectivity index (χ0v) is 11.5. The van der Waals surface area contributed by atoms with Gasteiger partial charge in [0.05, 0.1) is 5.75 Å². The van der Waals surface area contributed by atoms with Crippen LogP contribution in [0.2, 0.25) is 0 Å². The summed E-state index contributed by atoms with van der Waals surface area (Å²) >= 11 is 0. The summed E-state index contributed by atoms with van der Waals surface area (Å²) < 4.78 is 23.7. The smallest absolute Gasteiger partial charge is 0.181 e. The summed E-state index contributed by atoms with van der Waals surface area (Å²) in [5, 5.41) is 4.30. The van der Waals surface area contributed by atoms with Gasteiger partial charge in [-0.3, -0.25) is 4.68 Å². The summed E-state index contributed by atoms with van der Waals surface area (Å²) in [6.45, 7) is 0.530. The number of benzene rings is 1. The average molecular weight is 280 g/mol. The minimum atomic E-state index is -2.92. The predicted octanol–water partition coefficient (Wildman–Crippen LogP) is 0.962. The van der Waals surface area contributed by atoms with Crippen LogP contribution in [0.3, 0.4) is 0 Å². The van der Waals surface area contributed by atoms with E-state index in [1.165, 1.54) is 6.26 Å². The van der Waals surface area contributed by atoms with Crippen LogP contribution in [0.4, 0.5) is 5.69 Å². The van der Waals surface area contributed by atoms with Gasteiger partial charge in [-0.2, -0.15) is 5.10 Å². The fourth-order valence-electron chi connectivity index (χ4n) is 1.70. The number of hydrogen-bond donors (Lipinski definition) is 1. The van der Waals surface area contributed by atoms with Gasteiger partial charge in [0.2, 0.25) is 0 Å². The van der Waals surface area contributed by atoms with E-state index in [0.717, 1.165) is 5.56 Å². The lowest BCUT2D eigenvalue weighted by atomic mass is 10.2. The highest BCUT2D eigenvalue weighted by Gasteiger charge is 2.06. The summed E-state index contributed by atoms with van der Waals surface area (Å²) in [5.41, 5.74) is 7.21. The zero-order valence-electron chi connectivity index (χ0n) is 10.7. The van der Waals surface area contributed by atoms with E-state index in [4.69, 9.17) is 5.73 Å². The van der Waals surface area contributed by atoms with Crippen molar-refractivity contribution in [2.24, 2.45) is 0 Å². The van der Waals surface area contributed by atoms with Gasteiger partial charge in [-0.05, 0) is 18.6 Å². The number of hydrogen-bond acceptors (Lipinski definition) is 5. The van der Waals surface area contributed by atoms with Crippen molar-refractivity contribution in [2.75, 3.05) is 17.7 Å². The number of nitrogens with zero attached hydrogens (tertiary/aromatic N) is 3. The topological polar surface area (TPSA) is 90.9 Å². The Hall–Kier alpha value is -1.89. The monoisotopic (exact) mass is 280 g/mol. The number of anilines is 1. The normalized spacial score (nSPS) is 11.6. The Morgan fingerprint density at radius 1 is 1.37 bits per heavy atom. The summed E-state index contributed by atoms with van der Waals surface area (Å²) in [5.74, 6) is 0.743. The van der Waals surface area contributed by atoms with Gasteiger partial charge in [-0.1, -0.05) is 12.1 Å². The van der Waals surface area contributed by atoms with Gasteiger partial charge in [0.25, 0.3) is 0 Å². The fraction of sp³-hybridized carbons (Fsp3) is 0.333. The number of nitrogens with two attached hydrogens (primary N) is 1. The molecule has 0 saturated carbocycles. The first-order chi connectivity index (χ1) is 8.94. The zero-order chi connectivity index (χ0) is 13.9. The quantitative estimate of drug-likeness (QED) is 0.824. The van der Waals surface area contributed by atoms with Crippen molar-refractivity contribution in [3.05, 3.63) is 30.6 Å². The lowest BCUT2D eigenvalue weighted by Crippen LogP contribution is -2.07. The van der Waals surface area contributed by atoms with Crippen LogP contribution in [0.5, 0.6) is 0 Å². The molecule has 0 aliphatic heterocycles. The highest BCUT2D eigenvalue weighted by atomic mass is 32.2. The molecule has 0 atom stereocenters. The molecule has 0 saturated heterocycles. The van der Waals surface area contributed by atoms with E-state index in [-0.39, 0.29) is 5.75 Å². The lowest BCUT2D eigenvalue weighted by molar-refractivity contribution is 0.576. The van der Waals surface area contributed by atoms with E-state index in [1.54, 1.807) is 23.1 Å². The Balaban J connectivity index is 2.03. The first-order valence-electron chi connectivity index (χ1n) is 5.87. The average Bonchev–Trinajstić information content (AvgIpc) is 2.76. The molecule has 1 aromatic carbocycles. The van der Waals surface area contributed by atoms with Gasteiger partial charge in [-0.25, -0.2) is 13.4 Å². The van der Waals surface area contributed by atoms with Crippen molar-refractivity contribution >= 4 is 15.5 Å². The second-order valence-corrected chi connectivity index (χ2v) is 6.70. The van der Waals surface area contributed by atoms with E-state index in [9.17, 15) is 8.42 Å². The third kappa shape index (κ3) is 4.06. The summed E-state index contributed by atoms with van der Waals surface area (Å²) in [7, 11) is -2.92. The molecule has 2 rings (SSSR count). The molecule has 6 nitrogen and oxygen atoms in total. The van der Waals surface area contributed by atoms with Crippen LogP contribution in [0.1, 0.15) is 6.42 Å². The Kier molecular flexibility index (Phi) is 3.84. The van der Waals surface area contributed by atoms with Crippen molar-refractivity contribution in [1.29, 1.82) is 0 Å². The van der Waals surface area contributed by atoms with Gasteiger partial charge in [0.1, 0.15) is 16.2 Å². The van der Waals surface area contributed by atoms with Gasteiger partial charge >= 0.3 is 0 Å². The third-order valence-corrected chi connectivity index (χ3v) is 3.61. The largest absolute Gasteiger partial charge is 0.399 e. The molecule has 102 valence electrons. The summed E-state index contributed by atoms with van der Waals surface area (Å²) in [4.78, 5) is 4.19. The maximum atomic E-state index is 11.0. The Labute approximate surface area is 112 Å². The molecular formula is C12H16N4O2S. The van der Waals surface area contributed by atoms with E-state index in [0.29, 0.717) is 24.5 Å². The Morgan fingerprint density at radius 3 is 2.84 bits per heavy atom. The highest BCUT2D eigenvalue weighted by Crippen LogP contribution is 2.16. The molecule has 1 aromatic heterocycles. The lowest BCUT2D eigenvalue weighted by Gasteiger charge is -2.00. The SMILES string of the molecule is CS(=O)(=O)CCCn1cnc(-c2cccc(N)c2)n1. The van der Waals surface area contributed by atoms with Crippen molar-refractivity contribution in [2.45, 2.75) is 13.0 Å². The van der Waals surface area contributed by atoms with Crippen molar-refractivity contribution in [1.82, 2.24) is 14.8 Å². The second-order valence-electron chi connectivity index (χ2n) is 4.44. The Morgan fingerprint density at radius 2 is 2.16 bits per heavy atom. The van der Waals surface area contributed by atoms with Crippen LogP contribution in [0.15, 0.2) is 30.6 Å². The molecule has 2 N–H and O–H groups in total. The van der Waals surface area contributed by atoms with Crippen molar-refractivity contribution in [3.63, 3.8) is 0 Å². The molecule has 0 fully saturated rings. The minimum Gasteiger partial charge on any atom is -0.399 e. The molecule has 0 amide bonds. The molecule has 0 aliphatic carbocycles. The minimum absolute atomic E-state index is 0.153. The summed E-state index contributed by atoms with van der Waals surface area (Å²) in [6, 6.07) is 7.32. The molecule has 1 heterocycles. The van der Waals surface area contributed by atoms with Crippen LogP contribution < -0.4 is 5.73 Å². The first-order valence-corrected chi connectivity index (χ1v) is 7.93. The van der Waals surface area contributed by atoms with Gasteiger partial charge in [0.15, 0.2) is 5.82 Å². The molecule has 19 heavy (non-hydrogen) atoms. The van der Waals surface area contributed by atoms with E-state index >= 15 is 0 Å². The van der Waals surface area contributed by atoms with Gasteiger partial charge in [0, 0.05) is 24.1 Å². The second kappa shape index (κ2) is 5.40. The van der Waals surface area contributed by atoms with Crippen LogP contribution in [0.25, 0.3) is 11.4 Å². The first kappa shape index (κ1) is 13.5. The third-order valence-electron chi connectivity index (χ3n) is 2.58. The highest BCUT2D eigenvalue weighted by molar-refractivity contribution is 7.90. The summed E-state index contributed by atoms with van der Waals surface area (Å²) in [6.07, 6.45) is 3.35. The maximum absolute atomic E-state index is 11.0. The number of sulfone groups is 1. The number of nitrogen functional groups attached to an aromatic ring is 1. The molecule has 0 radical (unpaired) electrons. The molecule has 7 heteroatoms. The van der Waals surface area contributed by atoms with Crippen LogP contribution in [-0.4, -0.2) is 35.2 Å². The fourth-order valence-corrected chi connectivity index (χ4v) is 2.35. The van der Waals surface area contributed by atoms with Gasteiger partial charge < -0.3 is 5.73 Å². The molecule has 0 aliphatic rings. The van der Waals surface area contributed by atoms with Crippen LogP contribution in [-0.2, 0) is 16.4 Å². The number of rotatable bonds is 5. The van der Waals surface area contributed by atoms with E-state index in [1.807, 2.05) is 12.1 Å². The standard InChI is InChI=1S/C12H16N4O2S/c1-19(17,18)7-3-6-16-9-14-12(15-16)10-4-2-5-11(13)8-10/h2,4-5,8-9H,3,6-7,13H2,1H3. The molecule has 0 spiro atoms. The van der Waals surface area contributed by atoms with Crippen LogP contribution >= 0.6 is 0 Å². The number of aryl methyl sites for hydroxylation is 1. The maximum Gasteiger partial charge on any atom is 0.181 e. The van der Waals surface area contributed by atoms with E-state index in [2.05, 4.69) is 10.1 Å². The van der Waals surface area contributed by atoms with E-state index < -0.39 is 9.84 Å². The molecule has 2 aromatic rings. The Bertz CT molecular complexity index is 664. The van der Waals surface area contributed by atoms with Crippen molar-refractivity contribution in [3.8, 4) is 11.4 Å².